The predicted molar refractivity (Wildman–Crippen MR) is 60.2 cm³/mol. The number of halogens is 1. The van der Waals surface area contributed by atoms with Crippen LogP contribution in [0.1, 0.15) is 24.2 Å². The summed E-state index contributed by atoms with van der Waals surface area (Å²) in [6.45, 7) is 3.98. The first kappa shape index (κ1) is 9.68. The van der Waals surface area contributed by atoms with Gasteiger partial charge in [-0.15, -0.1) is 0 Å². The largest absolute Gasteiger partial charge is 0.323 e. The molecule has 2 aromatic rings. The van der Waals surface area contributed by atoms with Crippen molar-refractivity contribution in [2.45, 2.75) is 19.9 Å². The van der Waals surface area contributed by atoms with Crippen molar-refractivity contribution in [1.29, 1.82) is 0 Å². The fourth-order valence-electron chi connectivity index (χ4n) is 1.42. The van der Waals surface area contributed by atoms with Crippen LogP contribution in [0.15, 0.2) is 22.9 Å². The molecule has 14 heavy (non-hydrogen) atoms. The summed E-state index contributed by atoms with van der Waals surface area (Å²) in [4.78, 5) is 4.46. The maximum absolute atomic E-state index is 5.81. The summed E-state index contributed by atoms with van der Waals surface area (Å²) < 4.78 is 2.94. The van der Waals surface area contributed by atoms with Gasteiger partial charge in [0.2, 0.25) is 0 Å². The third-order valence-corrected chi connectivity index (χ3v) is 2.97. The maximum atomic E-state index is 5.81. The Morgan fingerprint density at radius 3 is 2.93 bits per heavy atom. The first-order valence-electron chi connectivity index (χ1n) is 4.49. The highest BCUT2D eigenvalue weighted by Crippen LogP contribution is 2.23. The Balaban J connectivity index is 2.73. The van der Waals surface area contributed by atoms with Crippen LogP contribution in [0.25, 0.3) is 5.65 Å². The molecular formula is C10H12BrN3. The molecule has 0 aliphatic carbocycles. The lowest BCUT2D eigenvalue weighted by Crippen LogP contribution is -2.05. The number of imidazole rings is 1. The van der Waals surface area contributed by atoms with Gasteiger partial charge in [0, 0.05) is 12.2 Å². The van der Waals surface area contributed by atoms with E-state index in [1.54, 1.807) is 0 Å². The highest BCUT2D eigenvalue weighted by Gasteiger charge is 2.12. The van der Waals surface area contributed by atoms with Crippen LogP contribution in [-0.2, 0) is 0 Å². The van der Waals surface area contributed by atoms with E-state index in [0.29, 0.717) is 0 Å². The van der Waals surface area contributed by atoms with Crippen LogP contribution in [-0.4, -0.2) is 9.38 Å². The van der Waals surface area contributed by atoms with Crippen molar-refractivity contribution in [3.8, 4) is 0 Å². The second kappa shape index (κ2) is 3.37. The van der Waals surface area contributed by atoms with Gasteiger partial charge in [-0.1, -0.05) is 0 Å². The van der Waals surface area contributed by atoms with Crippen molar-refractivity contribution in [2.24, 2.45) is 5.73 Å². The van der Waals surface area contributed by atoms with Gasteiger partial charge in [-0.2, -0.15) is 0 Å². The van der Waals surface area contributed by atoms with Gasteiger partial charge >= 0.3 is 0 Å². The van der Waals surface area contributed by atoms with E-state index in [1.165, 1.54) is 5.56 Å². The number of hydrogen-bond acceptors (Lipinski definition) is 2. The van der Waals surface area contributed by atoms with Gasteiger partial charge in [0.05, 0.1) is 5.69 Å². The van der Waals surface area contributed by atoms with Crippen molar-refractivity contribution in [2.75, 3.05) is 0 Å². The number of nitrogens with zero attached hydrogens (tertiary/aromatic N) is 2. The van der Waals surface area contributed by atoms with E-state index in [2.05, 4.69) is 20.9 Å². The molecular weight excluding hydrogens is 242 g/mol. The van der Waals surface area contributed by atoms with Gasteiger partial charge in [0.1, 0.15) is 10.3 Å². The average molecular weight is 254 g/mol. The molecule has 3 nitrogen and oxygen atoms in total. The quantitative estimate of drug-likeness (QED) is 0.849. The summed E-state index contributed by atoms with van der Waals surface area (Å²) in [5.41, 5.74) is 8.84. The summed E-state index contributed by atoms with van der Waals surface area (Å²) in [5, 5.41) is 0. The van der Waals surface area contributed by atoms with Crippen LogP contribution in [0.3, 0.4) is 0 Å². The molecule has 0 amide bonds. The van der Waals surface area contributed by atoms with Gasteiger partial charge in [0.25, 0.3) is 0 Å². The molecule has 2 N–H and O–H groups in total. The van der Waals surface area contributed by atoms with Crippen LogP contribution in [0.2, 0.25) is 0 Å². The fourth-order valence-corrected chi connectivity index (χ4v) is 2.17. The van der Waals surface area contributed by atoms with Crippen LogP contribution < -0.4 is 5.73 Å². The van der Waals surface area contributed by atoms with E-state index in [0.717, 1.165) is 15.9 Å². The Morgan fingerprint density at radius 1 is 1.57 bits per heavy atom. The first-order chi connectivity index (χ1) is 6.59. The monoisotopic (exact) mass is 253 g/mol. The van der Waals surface area contributed by atoms with Gasteiger partial charge < -0.3 is 5.73 Å². The Kier molecular flexibility index (Phi) is 2.33. The molecule has 0 spiro atoms. The van der Waals surface area contributed by atoms with Gasteiger partial charge in [-0.25, -0.2) is 4.98 Å². The van der Waals surface area contributed by atoms with Crippen molar-refractivity contribution in [3.63, 3.8) is 0 Å². The van der Waals surface area contributed by atoms with Crippen molar-refractivity contribution < 1.29 is 0 Å². The average Bonchev–Trinajstić information content (AvgIpc) is 2.43. The summed E-state index contributed by atoms with van der Waals surface area (Å²) in [7, 11) is 0. The molecule has 74 valence electrons. The highest BCUT2D eigenvalue weighted by atomic mass is 79.9. The summed E-state index contributed by atoms with van der Waals surface area (Å²) >= 11 is 3.50. The van der Waals surface area contributed by atoms with E-state index in [9.17, 15) is 0 Å². The number of pyridine rings is 1. The van der Waals surface area contributed by atoms with Crippen LogP contribution in [0.4, 0.5) is 0 Å². The number of rotatable bonds is 1. The molecule has 1 atom stereocenters. The molecule has 0 saturated heterocycles. The Bertz CT molecular complexity index is 473. The van der Waals surface area contributed by atoms with Gasteiger partial charge in [0.15, 0.2) is 0 Å². The third-order valence-electron chi connectivity index (χ3n) is 2.18. The minimum atomic E-state index is -0.0513. The lowest BCUT2D eigenvalue weighted by molar-refractivity contribution is 0.784. The van der Waals surface area contributed by atoms with Crippen LogP contribution >= 0.6 is 15.9 Å². The van der Waals surface area contributed by atoms with Gasteiger partial charge in [-0.3, -0.25) is 4.40 Å². The van der Waals surface area contributed by atoms with E-state index in [-0.39, 0.29) is 6.04 Å². The number of fused-ring (bicyclic) bond motifs is 1. The summed E-state index contributed by atoms with van der Waals surface area (Å²) in [6, 6.07) is 4.03. The molecule has 0 bridgehead atoms. The standard InChI is InChI=1S/C10H12BrN3/c1-6-3-4-14-8(5-6)13-9(7(2)12)10(14)11/h3-5,7H,12H2,1-2H3. The first-order valence-corrected chi connectivity index (χ1v) is 5.28. The SMILES string of the molecule is Cc1ccn2c(Br)c(C(C)N)nc2c1. The summed E-state index contributed by atoms with van der Waals surface area (Å²) in [6.07, 6.45) is 1.99. The summed E-state index contributed by atoms with van der Waals surface area (Å²) in [5.74, 6) is 0. The molecule has 0 radical (unpaired) electrons. The second-order valence-electron chi connectivity index (χ2n) is 3.51. The lowest BCUT2D eigenvalue weighted by atomic mass is 10.3. The molecule has 0 aliphatic rings. The maximum Gasteiger partial charge on any atom is 0.138 e. The number of nitrogens with two attached hydrogens (primary N) is 1. The zero-order valence-corrected chi connectivity index (χ0v) is 9.75. The lowest BCUT2D eigenvalue weighted by Gasteiger charge is -1.99. The van der Waals surface area contributed by atoms with E-state index in [1.807, 2.05) is 36.6 Å². The Hall–Kier alpha value is -0.870. The Labute approximate surface area is 91.1 Å². The zero-order valence-electron chi connectivity index (χ0n) is 8.16. The molecule has 0 saturated carbocycles. The third kappa shape index (κ3) is 1.44. The minimum absolute atomic E-state index is 0.0513. The normalized spacial score (nSPS) is 13.4. The molecule has 4 heteroatoms. The topological polar surface area (TPSA) is 43.3 Å². The second-order valence-corrected chi connectivity index (χ2v) is 4.26. The molecule has 1 unspecified atom stereocenters. The molecule has 2 rings (SSSR count). The van der Waals surface area contributed by atoms with Crippen molar-refractivity contribution in [1.82, 2.24) is 9.38 Å². The van der Waals surface area contributed by atoms with E-state index in [4.69, 9.17) is 5.73 Å². The predicted octanol–water partition coefficient (Wildman–Crippen LogP) is 2.42. The number of aromatic nitrogens is 2. The molecule has 0 aromatic carbocycles. The molecule has 2 heterocycles. The smallest absolute Gasteiger partial charge is 0.138 e. The van der Waals surface area contributed by atoms with E-state index < -0.39 is 0 Å². The van der Waals surface area contributed by atoms with Crippen molar-refractivity contribution in [3.05, 3.63) is 34.2 Å². The van der Waals surface area contributed by atoms with Gasteiger partial charge in [-0.05, 0) is 47.5 Å². The van der Waals surface area contributed by atoms with Crippen molar-refractivity contribution >= 4 is 21.6 Å². The molecule has 2 aromatic heterocycles. The van der Waals surface area contributed by atoms with Crippen LogP contribution in [0, 0.1) is 6.92 Å². The van der Waals surface area contributed by atoms with Crippen LogP contribution in [0.5, 0.6) is 0 Å². The molecule has 0 fully saturated rings. The number of hydrogen-bond donors (Lipinski definition) is 1. The number of aryl methyl sites for hydroxylation is 1. The highest BCUT2D eigenvalue weighted by molar-refractivity contribution is 9.10. The Morgan fingerprint density at radius 2 is 2.29 bits per heavy atom. The molecule has 0 aliphatic heterocycles. The van der Waals surface area contributed by atoms with E-state index >= 15 is 0 Å². The minimum Gasteiger partial charge on any atom is -0.323 e. The zero-order chi connectivity index (χ0) is 10.3. The fraction of sp³-hybridized carbons (Fsp3) is 0.300.